The second-order valence-corrected chi connectivity index (χ2v) is 7.12. The Bertz CT molecular complexity index is 1080. The molecule has 0 saturated heterocycles. The van der Waals surface area contributed by atoms with Crippen molar-refractivity contribution in [3.63, 3.8) is 0 Å². The maximum absolute atomic E-state index is 9.14. The molecule has 0 radical (unpaired) electrons. The van der Waals surface area contributed by atoms with E-state index in [0.29, 0.717) is 17.3 Å². The van der Waals surface area contributed by atoms with Gasteiger partial charge in [-0.3, -0.25) is 0 Å². The first kappa shape index (κ1) is 20.7. The van der Waals surface area contributed by atoms with E-state index in [1.54, 1.807) is 17.5 Å². The lowest BCUT2D eigenvalue weighted by Gasteiger charge is -2.15. The van der Waals surface area contributed by atoms with Crippen LogP contribution in [0, 0.1) is 0 Å². The maximum atomic E-state index is 9.14. The summed E-state index contributed by atoms with van der Waals surface area (Å²) in [4.78, 5) is 8.76. The minimum absolute atomic E-state index is 0.167. The van der Waals surface area contributed by atoms with Crippen molar-refractivity contribution < 1.29 is 9.52 Å². The summed E-state index contributed by atoms with van der Waals surface area (Å²) in [6, 6.07) is 8.09. The highest BCUT2D eigenvalue weighted by molar-refractivity contribution is 7.16. The van der Waals surface area contributed by atoms with Crippen molar-refractivity contribution in [2.24, 2.45) is 0 Å². The number of hydrogen-bond donors (Lipinski definition) is 3. The first-order chi connectivity index (χ1) is 14.1. The van der Waals surface area contributed by atoms with Crippen molar-refractivity contribution in [2.45, 2.75) is 40.3 Å². The Hall–Kier alpha value is -3.04. The number of thiazole rings is 1. The van der Waals surface area contributed by atoms with Crippen LogP contribution in [0.15, 0.2) is 40.4 Å². The average Bonchev–Trinajstić information content (AvgIpc) is 3.38. The molecule has 3 N–H and O–H groups in total. The third-order valence-electron chi connectivity index (χ3n) is 3.78. The smallest absolute Gasteiger partial charge is 0.251 e. The number of pyridine rings is 1. The summed E-state index contributed by atoms with van der Waals surface area (Å²) in [7, 11) is 0. The molecule has 3 heterocycles. The lowest BCUT2D eigenvalue weighted by molar-refractivity contribution is 0.241. The highest BCUT2D eigenvalue weighted by atomic mass is 32.1. The number of rotatable bonds is 6. The van der Waals surface area contributed by atoms with Crippen LogP contribution in [0.25, 0.3) is 21.7 Å². The molecular formula is C20H24N6O2S. The van der Waals surface area contributed by atoms with E-state index in [2.05, 4.69) is 30.8 Å². The quantitative estimate of drug-likeness (QED) is 0.413. The zero-order chi connectivity index (χ0) is 20.8. The van der Waals surface area contributed by atoms with Crippen molar-refractivity contribution in [2.75, 3.05) is 10.6 Å². The second-order valence-electron chi connectivity index (χ2n) is 6.23. The molecule has 0 amide bonds. The predicted octanol–water partition coefficient (Wildman–Crippen LogP) is 4.82. The lowest BCUT2D eigenvalue weighted by Crippen LogP contribution is -2.11. The van der Waals surface area contributed by atoms with Crippen molar-refractivity contribution in [3.8, 4) is 11.5 Å². The highest BCUT2D eigenvalue weighted by Gasteiger charge is 2.15. The first-order valence-corrected chi connectivity index (χ1v) is 10.3. The van der Waals surface area contributed by atoms with Crippen molar-refractivity contribution in [1.82, 2.24) is 20.2 Å². The Kier molecular flexibility index (Phi) is 6.73. The third kappa shape index (κ3) is 4.87. The van der Waals surface area contributed by atoms with Crippen molar-refractivity contribution in [1.29, 1.82) is 0 Å². The van der Waals surface area contributed by atoms with Crippen LogP contribution in [0.5, 0.6) is 0 Å². The Morgan fingerprint density at radius 1 is 1.14 bits per heavy atom. The van der Waals surface area contributed by atoms with Gasteiger partial charge in [0.15, 0.2) is 0 Å². The summed E-state index contributed by atoms with van der Waals surface area (Å²) in [6.07, 6.45) is 1.67. The number of anilines is 3. The molecule has 29 heavy (non-hydrogen) atoms. The minimum atomic E-state index is -0.299. The molecule has 4 aromatic rings. The van der Waals surface area contributed by atoms with Gasteiger partial charge in [-0.05, 0) is 32.0 Å². The summed E-state index contributed by atoms with van der Waals surface area (Å²) in [6.45, 7) is 7.79. The normalized spacial score (nSPS) is 10.7. The van der Waals surface area contributed by atoms with Gasteiger partial charge < -0.3 is 20.2 Å². The fourth-order valence-electron chi connectivity index (χ4n) is 2.63. The van der Waals surface area contributed by atoms with E-state index in [9.17, 15) is 0 Å². The fourth-order valence-corrected chi connectivity index (χ4v) is 3.35. The highest BCUT2D eigenvalue weighted by Crippen LogP contribution is 2.31. The van der Waals surface area contributed by atoms with Crippen LogP contribution in [0.3, 0.4) is 0 Å². The number of nitrogens with zero attached hydrogens (tertiary/aromatic N) is 4. The first-order valence-electron chi connectivity index (χ1n) is 9.43. The van der Waals surface area contributed by atoms with Gasteiger partial charge in [0, 0.05) is 24.0 Å². The number of fused-ring (bicyclic) bond motifs is 1. The van der Waals surface area contributed by atoms with Gasteiger partial charge in [0.25, 0.3) is 5.89 Å². The molecule has 152 valence electrons. The second kappa shape index (κ2) is 9.44. The van der Waals surface area contributed by atoms with E-state index in [0.717, 1.165) is 21.6 Å². The van der Waals surface area contributed by atoms with Gasteiger partial charge in [-0.15, -0.1) is 21.5 Å². The van der Waals surface area contributed by atoms with Crippen LogP contribution in [0.1, 0.15) is 33.6 Å². The molecule has 0 atom stereocenters. The van der Waals surface area contributed by atoms with Gasteiger partial charge >= 0.3 is 0 Å². The van der Waals surface area contributed by atoms with Crippen molar-refractivity contribution in [3.05, 3.63) is 41.9 Å². The molecule has 0 aliphatic heterocycles. The van der Waals surface area contributed by atoms with E-state index in [1.165, 1.54) is 0 Å². The molecule has 3 aromatic heterocycles. The topological polar surface area (TPSA) is 109 Å². The zero-order valence-corrected chi connectivity index (χ0v) is 17.6. The van der Waals surface area contributed by atoms with Crippen LogP contribution < -0.4 is 10.6 Å². The molecule has 8 nitrogen and oxygen atoms in total. The Morgan fingerprint density at radius 2 is 1.97 bits per heavy atom. The van der Waals surface area contributed by atoms with Crippen molar-refractivity contribution >= 4 is 38.7 Å². The summed E-state index contributed by atoms with van der Waals surface area (Å²) in [5, 5.41) is 23.6. The molecule has 0 saturated carbocycles. The number of aliphatic hydroxyl groups is 1. The minimum Gasteiger partial charge on any atom is -0.418 e. The Morgan fingerprint density at radius 3 is 2.69 bits per heavy atom. The van der Waals surface area contributed by atoms with Gasteiger partial charge in [0.05, 0.1) is 27.0 Å². The molecule has 0 aliphatic rings. The number of nitrogens with one attached hydrogen (secondary N) is 2. The van der Waals surface area contributed by atoms with Gasteiger partial charge in [0.1, 0.15) is 12.4 Å². The van der Waals surface area contributed by atoms with E-state index >= 15 is 0 Å². The van der Waals surface area contributed by atoms with Crippen LogP contribution in [0.2, 0.25) is 0 Å². The van der Waals surface area contributed by atoms with Gasteiger partial charge in [-0.1, -0.05) is 13.8 Å². The average molecular weight is 413 g/mol. The summed E-state index contributed by atoms with van der Waals surface area (Å²) < 4.78 is 6.57. The summed E-state index contributed by atoms with van der Waals surface area (Å²) >= 11 is 1.60. The number of benzene rings is 1. The van der Waals surface area contributed by atoms with Crippen LogP contribution in [-0.2, 0) is 6.61 Å². The largest absolute Gasteiger partial charge is 0.418 e. The Labute approximate surface area is 173 Å². The molecule has 4 rings (SSSR count). The molecule has 1 aromatic carbocycles. The molecule has 0 unspecified atom stereocenters. The fraction of sp³-hybridized carbons (Fsp3) is 0.300. The van der Waals surface area contributed by atoms with E-state index < -0.39 is 0 Å². The number of hydrogen-bond acceptors (Lipinski definition) is 9. The number of aromatic nitrogens is 4. The van der Waals surface area contributed by atoms with E-state index in [-0.39, 0.29) is 18.5 Å². The van der Waals surface area contributed by atoms with Gasteiger partial charge in [0.2, 0.25) is 5.89 Å². The van der Waals surface area contributed by atoms with E-state index in [4.69, 9.17) is 9.52 Å². The summed E-state index contributed by atoms with van der Waals surface area (Å²) in [5.74, 6) is 1.17. The van der Waals surface area contributed by atoms with Crippen LogP contribution in [0.4, 0.5) is 17.2 Å². The number of aliphatic hydroxyl groups excluding tert-OH is 1. The van der Waals surface area contributed by atoms with Gasteiger partial charge in [-0.2, -0.15) is 0 Å². The standard InChI is InChI=1S/C18H18N6O2S.C2H6/c1-10(2)21-14-6-16(19-7-12(14)18-24-23-17(8-25)26-18)22-11-3-4-13-15(5-11)27-9-20-13;1-2/h3-7,9-10,25H,8H2,1-2H3,(H2,19,21,22);1-2H3. The summed E-state index contributed by atoms with van der Waals surface area (Å²) in [5.41, 5.74) is 5.24. The SMILES string of the molecule is CC.CC(C)Nc1cc(Nc2ccc3ncsc3c2)ncc1-c1nnc(CO)o1. The van der Waals surface area contributed by atoms with Crippen LogP contribution in [-0.4, -0.2) is 31.3 Å². The molecule has 0 bridgehead atoms. The Balaban J connectivity index is 0.00000117. The molecule has 0 spiro atoms. The zero-order valence-electron chi connectivity index (χ0n) is 16.8. The van der Waals surface area contributed by atoms with Crippen LogP contribution >= 0.6 is 11.3 Å². The lowest BCUT2D eigenvalue weighted by atomic mass is 10.2. The molecule has 0 aliphatic carbocycles. The predicted molar refractivity (Wildman–Crippen MR) is 116 cm³/mol. The molecule has 0 fully saturated rings. The molecular weight excluding hydrogens is 388 g/mol. The third-order valence-corrected chi connectivity index (χ3v) is 4.58. The van der Waals surface area contributed by atoms with Gasteiger partial charge in [-0.25, -0.2) is 9.97 Å². The van der Waals surface area contributed by atoms with E-state index in [1.807, 2.05) is 57.5 Å². The molecule has 9 heteroatoms. The maximum Gasteiger partial charge on any atom is 0.251 e. The monoisotopic (exact) mass is 412 g/mol.